The van der Waals surface area contributed by atoms with Gasteiger partial charge in [0, 0.05) is 19.0 Å². The second-order valence-electron chi connectivity index (χ2n) is 7.50. The number of nitrogens with zero attached hydrogens (tertiary/aromatic N) is 3. The highest BCUT2D eigenvalue weighted by Gasteiger charge is 2.14. The zero-order valence-electron chi connectivity index (χ0n) is 17.2. The van der Waals surface area contributed by atoms with Gasteiger partial charge >= 0.3 is 0 Å². The second kappa shape index (κ2) is 9.35. The minimum Gasteiger partial charge on any atom is -0.350 e. The molecule has 152 valence electrons. The predicted molar refractivity (Wildman–Crippen MR) is 119 cm³/mol. The number of imidazole rings is 1. The third-order valence-electron chi connectivity index (χ3n) is 5.25. The highest BCUT2D eigenvalue weighted by Crippen LogP contribution is 2.18. The number of fused-ring (bicyclic) bond motifs is 1. The Morgan fingerprint density at radius 2 is 1.73 bits per heavy atom. The van der Waals surface area contributed by atoms with Crippen molar-refractivity contribution in [1.29, 1.82) is 0 Å². The lowest BCUT2D eigenvalue weighted by atomic mass is 10.1. The molecule has 1 atom stereocenters. The molecule has 0 saturated heterocycles. The molecule has 0 unspecified atom stereocenters. The number of pyridine rings is 1. The monoisotopic (exact) mass is 398 g/mol. The van der Waals surface area contributed by atoms with E-state index < -0.39 is 0 Å². The minimum absolute atomic E-state index is 0.00514. The van der Waals surface area contributed by atoms with Gasteiger partial charge in [0.25, 0.3) is 0 Å². The summed E-state index contributed by atoms with van der Waals surface area (Å²) in [6, 6.07) is 24.2. The van der Waals surface area contributed by atoms with Gasteiger partial charge in [-0.1, -0.05) is 60.7 Å². The van der Waals surface area contributed by atoms with E-state index in [2.05, 4.69) is 27.0 Å². The van der Waals surface area contributed by atoms with Crippen molar-refractivity contribution in [2.24, 2.45) is 0 Å². The van der Waals surface area contributed by atoms with Gasteiger partial charge in [-0.15, -0.1) is 0 Å². The van der Waals surface area contributed by atoms with Crippen molar-refractivity contribution in [3.8, 4) is 0 Å². The summed E-state index contributed by atoms with van der Waals surface area (Å²) in [6.07, 6.45) is 3.74. The van der Waals surface area contributed by atoms with Gasteiger partial charge in [-0.3, -0.25) is 4.79 Å². The summed E-state index contributed by atoms with van der Waals surface area (Å²) >= 11 is 0. The molecular weight excluding hydrogens is 372 g/mol. The molecule has 0 saturated carbocycles. The van der Waals surface area contributed by atoms with E-state index in [0.29, 0.717) is 6.42 Å². The lowest BCUT2D eigenvalue weighted by Crippen LogP contribution is -2.26. The van der Waals surface area contributed by atoms with Crippen LogP contribution in [0.5, 0.6) is 0 Å². The Hall–Kier alpha value is -3.47. The number of aromatic nitrogens is 3. The van der Waals surface area contributed by atoms with Gasteiger partial charge in [0.2, 0.25) is 5.91 Å². The van der Waals surface area contributed by atoms with Crippen LogP contribution < -0.4 is 5.32 Å². The van der Waals surface area contributed by atoms with Crippen molar-refractivity contribution in [2.45, 2.75) is 38.8 Å². The maximum Gasteiger partial charge on any atom is 0.220 e. The van der Waals surface area contributed by atoms with Crippen molar-refractivity contribution in [3.63, 3.8) is 0 Å². The van der Waals surface area contributed by atoms with Crippen LogP contribution in [0.15, 0.2) is 79.0 Å². The van der Waals surface area contributed by atoms with Crippen LogP contribution >= 0.6 is 0 Å². The van der Waals surface area contributed by atoms with Crippen LogP contribution in [-0.4, -0.2) is 20.4 Å². The smallest absolute Gasteiger partial charge is 0.220 e. The average molecular weight is 399 g/mol. The maximum absolute atomic E-state index is 12.4. The molecule has 4 rings (SSSR count). The van der Waals surface area contributed by atoms with Gasteiger partial charge in [-0.2, -0.15) is 0 Å². The lowest BCUT2D eigenvalue weighted by molar-refractivity contribution is -0.121. The number of hydrogen-bond donors (Lipinski definition) is 1. The Balaban J connectivity index is 1.41. The van der Waals surface area contributed by atoms with Crippen molar-refractivity contribution in [2.75, 3.05) is 0 Å². The first-order valence-corrected chi connectivity index (χ1v) is 10.4. The number of rotatable bonds is 8. The number of aryl methyl sites for hydroxylation is 1. The molecule has 1 amide bonds. The number of carbonyl (C=O) groups excluding carboxylic acids is 1. The third-order valence-corrected chi connectivity index (χ3v) is 5.25. The van der Waals surface area contributed by atoms with Gasteiger partial charge in [0.05, 0.1) is 12.6 Å². The van der Waals surface area contributed by atoms with E-state index in [1.807, 2.05) is 67.6 Å². The number of benzene rings is 2. The summed E-state index contributed by atoms with van der Waals surface area (Å²) in [5, 5.41) is 3.08. The maximum atomic E-state index is 12.4. The minimum atomic E-state index is 0.00514. The van der Waals surface area contributed by atoms with Crippen LogP contribution in [0, 0.1) is 0 Å². The highest BCUT2D eigenvalue weighted by atomic mass is 16.1. The molecule has 1 N–H and O–H groups in total. The summed E-state index contributed by atoms with van der Waals surface area (Å²) < 4.78 is 2.16. The van der Waals surface area contributed by atoms with Crippen LogP contribution in [0.3, 0.4) is 0 Å². The number of nitrogens with one attached hydrogen (secondary N) is 1. The molecule has 0 aliphatic carbocycles. The SMILES string of the molecule is C[C@@H](NC(=O)CCCc1nc2cccnc2n1Cc1ccccc1)c1ccccc1. The van der Waals surface area contributed by atoms with E-state index in [-0.39, 0.29) is 11.9 Å². The van der Waals surface area contributed by atoms with Crippen LogP contribution in [0.4, 0.5) is 0 Å². The quantitative estimate of drug-likeness (QED) is 0.469. The standard InChI is InChI=1S/C25H26N4O/c1-19(21-12-6-3-7-13-21)27-24(30)16-8-15-23-28-22-14-9-17-26-25(22)29(23)18-20-10-4-2-5-11-20/h2-7,9-14,17,19H,8,15-16,18H2,1H3,(H,27,30)/t19-/m1/s1. The molecule has 0 radical (unpaired) electrons. The molecule has 0 fully saturated rings. The van der Waals surface area contributed by atoms with Crippen LogP contribution in [-0.2, 0) is 17.8 Å². The fraction of sp³-hybridized carbons (Fsp3) is 0.240. The molecule has 5 heteroatoms. The summed E-state index contributed by atoms with van der Waals surface area (Å²) in [5.41, 5.74) is 4.10. The molecule has 0 bridgehead atoms. The van der Waals surface area contributed by atoms with Gasteiger partial charge in [0.15, 0.2) is 5.65 Å². The Morgan fingerprint density at radius 3 is 2.50 bits per heavy atom. The van der Waals surface area contributed by atoms with Crippen molar-refractivity contribution in [1.82, 2.24) is 19.9 Å². The van der Waals surface area contributed by atoms with E-state index in [9.17, 15) is 4.79 Å². The molecule has 0 aliphatic heterocycles. The third kappa shape index (κ3) is 4.74. The zero-order valence-corrected chi connectivity index (χ0v) is 17.2. The molecule has 4 aromatic rings. The molecule has 0 spiro atoms. The van der Waals surface area contributed by atoms with E-state index in [1.54, 1.807) is 6.20 Å². The van der Waals surface area contributed by atoms with Gasteiger partial charge in [-0.25, -0.2) is 9.97 Å². The van der Waals surface area contributed by atoms with Crippen molar-refractivity contribution in [3.05, 3.63) is 95.9 Å². The van der Waals surface area contributed by atoms with Crippen LogP contribution in [0.25, 0.3) is 11.2 Å². The van der Waals surface area contributed by atoms with E-state index >= 15 is 0 Å². The second-order valence-corrected chi connectivity index (χ2v) is 7.50. The van der Waals surface area contributed by atoms with E-state index in [0.717, 1.165) is 41.9 Å². The molecule has 0 aliphatic rings. The lowest BCUT2D eigenvalue weighted by Gasteiger charge is -2.14. The van der Waals surface area contributed by atoms with Gasteiger partial charge < -0.3 is 9.88 Å². The number of hydrogen-bond acceptors (Lipinski definition) is 3. The summed E-state index contributed by atoms with van der Waals surface area (Å²) in [6.45, 7) is 2.74. The fourth-order valence-electron chi connectivity index (χ4n) is 3.67. The summed E-state index contributed by atoms with van der Waals surface area (Å²) in [5.74, 6) is 1.03. The van der Waals surface area contributed by atoms with Gasteiger partial charge in [0.1, 0.15) is 11.3 Å². The van der Waals surface area contributed by atoms with E-state index in [1.165, 1.54) is 5.56 Å². The average Bonchev–Trinajstić information content (AvgIpc) is 3.12. The number of amides is 1. The first kappa shape index (κ1) is 19.8. The Labute approximate surface area is 176 Å². The molecule has 30 heavy (non-hydrogen) atoms. The summed E-state index contributed by atoms with van der Waals surface area (Å²) in [4.78, 5) is 21.7. The van der Waals surface area contributed by atoms with Crippen LogP contribution in [0.2, 0.25) is 0 Å². The van der Waals surface area contributed by atoms with Gasteiger partial charge in [-0.05, 0) is 36.6 Å². The molecular formula is C25H26N4O. The molecule has 2 aromatic heterocycles. The topological polar surface area (TPSA) is 59.8 Å². The van der Waals surface area contributed by atoms with E-state index in [4.69, 9.17) is 4.98 Å². The highest BCUT2D eigenvalue weighted by molar-refractivity contribution is 5.76. The largest absolute Gasteiger partial charge is 0.350 e. The fourth-order valence-corrected chi connectivity index (χ4v) is 3.67. The normalized spacial score (nSPS) is 12.0. The first-order valence-electron chi connectivity index (χ1n) is 10.4. The molecule has 2 aromatic carbocycles. The van der Waals surface area contributed by atoms with Crippen molar-refractivity contribution >= 4 is 17.1 Å². The Morgan fingerprint density at radius 1 is 1.00 bits per heavy atom. The number of carbonyl (C=O) groups is 1. The zero-order chi connectivity index (χ0) is 20.8. The predicted octanol–water partition coefficient (Wildman–Crippen LogP) is 4.68. The molecule has 5 nitrogen and oxygen atoms in total. The molecule has 2 heterocycles. The Bertz CT molecular complexity index is 1110. The first-order chi connectivity index (χ1) is 14.7. The van der Waals surface area contributed by atoms with Crippen LogP contribution in [0.1, 0.15) is 42.8 Å². The van der Waals surface area contributed by atoms with Crippen molar-refractivity contribution < 1.29 is 4.79 Å². The Kier molecular flexibility index (Phi) is 6.18. The summed E-state index contributed by atoms with van der Waals surface area (Å²) in [7, 11) is 0.